The van der Waals surface area contributed by atoms with E-state index in [9.17, 15) is 9.59 Å². The third-order valence-corrected chi connectivity index (χ3v) is 7.32. The third-order valence-electron chi connectivity index (χ3n) is 7.32. The Balaban J connectivity index is 1.15. The van der Waals surface area contributed by atoms with Crippen molar-refractivity contribution in [2.24, 2.45) is 0 Å². The minimum atomic E-state index is -0.140. The van der Waals surface area contributed by atoms with E-state index in [4.69, 9.17) is 0 Å². The molecule has 0 aliphatic carbocycles. The molecule has 6 nitrogen and oxygen atoms in total. The van der Waals surface area contributed by atoms with Gasteiger partial charge >= 0.3 is 0 Å². The lowest BCUT2D eigenvalue weighted by atomic mass is 9.97. The van der Waals surface area contributed by atoms with Crippen molar-refractivity contribution in [2.45, 2.75) is 6.92 Å². The predicted octanol–water partition coefficient (Wildman–Crippen LogP) is 5.80. The molecule has 39 heavy (non-hydrogen) atoms. The number of piperazine rings is 1. The van der Waals surface area contributed by atoms with Crippen LogP contribution in [-0.4, -0.2) is 53.0 Å². The molecule has 0 N–H and O–H groups in total. The van der Waals surface area contributed by atoms with Crippen molar-refractivity contribution in [1.29, 1.82) is 0 Å². The smallest absolute Gasteiger partial charge is 0.254 e. The summed E-state index contributed by atoms with van der Waals surface area (Å²) in [6, 6.07) is 33.0. The first-order chi connectivity index (χ1) is 19.1. The summed E-state index contributed by atoms with van der Waals surface area (Å²) in [7, 11) is 0. The Kier molecular flexibility index (Phi) is 6.59. The zero-order valence-electron chi connectivity index (χ0n) is 21.7. The number of carbonyl (C=O) groups is 2. The van der Waals surface area contributed by atoms with Gasteiger partial charge in [0.15, 0.2) is 11.6 Å². The Morgan fingerprint density at radius 2 is 1.36 bits per heavy atom. The summed E-state index contributed by atoms with van der Waals surface area (Å²) in [5, 5.41) is 11.4. The van der Waals surface area contributed by atoms with Gasteiger partial charge in [-0.05, 0) is 35.9 Å². The molecule has 0 spiro atoms. The molecular formula is C33H28N4O2. The summed E-state index contributed by atoms with van der Waals surface area (Å²) in [6.45, 7) is 4.35. The summed E-state index contributed by atoms with van der Waals surface area (Å²) in [5.41, 5.74) is 4.43. The van der Waals surface area contributed by atoms with Crippen molar-refractivity contribution < 1.29 is 9.59 Å². The maximum absolute atomic E-state index is 13.5. The largest absolute Gasteiger partial charge is 0.352 e. The lowest BCUT2D eigenvalue weighted by Gasteiger charge is -2.35. The maximum atomic E-state index is 13.5. The van der Waals surface area contributed by atoms with Crippen molar-refractivity contribution in [1.82, 2.24) is 15.1 Å². The molecule has 5 aromatic rings. The van der Waals surface area contributed by atoms with Gasteiger partial charge in [0, 0.05) is 42.9 Å². The van der Waals surface area contributed by atoms with Crippen molar-refractivity contribution in [2.75, 3.05) is 31.1 Å². The Morgan fingerprint density at radius 1 is 0.667 bits per heavy atom. The van der Waals surface area contributed by atoms with Crippen LogP contribution in [0.5, 0.6) is 0 Å². The number of benzene rings is 4. The van der Waals surface area contributed by atoms with Crippen molar-refractivity contribution in [3.8, 4) is 11.3 Å². The second-order valence-corrected chi connectivity index (χ2v) is 9.82. The number of hydrogen-bond acceptors (Lipinski definition) is 5. The van der Waals surface area contributed by atoms with E-state index < -0.39 is 0 Å². The SMILES string of the molecule is Cc1ccc(C(=O)c2ccccc2C(=O)N2CCN(c3ccc(-c4cccc5ccccc45)nn3)CC2)cc1. The summed E-state index contributed by atoms with van der Waals surface area (Å²) in [6.07, 6.45) is 0. The number of rotatable bonds is 5. The Hall–Kier alpha value is -4.84. The van der Waals surface area contributed by atoms with Crippen molar-refractivity contribution in [3.63, 3.8) is 0 Å². The van der Waals surface area contributed by atoms with Crippen LogP contribution in [0, 0.1) is 6.92 Å². The van der Waals surface area contributed by atoms with Gasteiger partial charge in [0.25, 0.3) is 5.91 Å². The predicted molar refractivity (Wildman–Crippen MR) is 154 cm³/mol. The molecule has 1 aliphatic heterocycles. The van der Waals surface area contributed by atoms with Crippen LogP contribution in [0.3, 0.4) is 0 Å². The minimum Gasteiger partial charge on any atom is -0.352 e. The highest BCUT2D eigenvalue weighted by molar-refractivity contribution is 6.15. The molecule has 1 fully saturated rings. The first-order valence-corrected chi connectivity index (χ1v) is 13.1. The van der Waals surface area contributed by atoms with Gasteiger partial charge in [-0.3, -0.25) is 9.59 Å². The summed E-state index contributed by atoms with van der Waals surface area (Å²) < 4.78 is 0. The number of hydrogen-bond donors (Lipinski definition) is 0. The Labute approximate surface area is 227 Å². The number of amides is 1. The van der Waals surface area contributed by atoms with E-state index in [0.717, 1.165) is 28.0 Å². The number of aryl methyl sites for hydroxylation is 1. The van der Waals surface area contributed by atoms with Gasteiger partial charge in [0.2, 0.25) is 0 Å². The molecule has 2 heterocycles. The molecule has 0 unspecified atom stereocenters. The monoisotopic (exact) mass is 512 g/mol. The van der Waals surface area contributed by atoms with Crippen LogP contribution in [0.2, 0.25) is 0 Å². The highest BCUT2D eigenvalue weighted by Crippen LogP contribution is 2.28. The lowest BCUT2D eigenvalue weighted by molar-refractivity contribution is 0.0742. The molecule has 4 aromatic carbocycles. The zero-order valence-corrected chi connectivity index (χ0v) is 21.7. The van der Waals surface area contributed by atoms with E-state index >= 15 is 0 Å². The lowest BCUT2D eigenvalue weighted by Crippen LogP contribution is -2.49. The summed E-state index contributed by atoms with van der Waals surface area (Å²) >= 11 is 0. The van der Waals surface area contributed by atoms with Gasteiger partial charge in [0.05, 0.1) is 11.3 Å². The van der Waals surface area contributed by atoms with Crippen molar-refractivity contribution >= 4 is 28.3 Å². The van der Waals surface area contributed by atoms with Crippen LogP contribution in [0.1, 0.15) is 31.8 Å². The third kappa shape index (κ3) is 4.89. The fraction of sp³-hybridized carbons (Fsp3) is 0.152. The molecular weight excluding hydrogens is 484 g/mol. The van der Waals surface area contributed by atoms with Crippen LogP contribution in [0.25, 0.3) is 22.0 Å². The zero-order chi connectivity index (χ0) is 26.8. The number of ketones is 1. The molecule has 1 aromatic heterocycles. The minimum absolute atomic E-state index is 0.122. The molecule has 1 aliphatic rings. The molecule has 0 radical (unpaired) electrons. The van der Waals surface area contributed by atoms with Gasteiger partial charge in [-0.1, -0.05) is 90.5 Å². The maximum Gasteiger partial charge on any atom is 0.254 e. The average Bonchev–Trinajstić information content (AvgIpc) is 3.00. The van der Waals surface area contributed by atoms with Crippen LogP contribution in [-0.2, 0) is 0 Å². The van der Waals surface area contributed by atoms with Gasteiger partial charge in [-0.2, -0.15) is 0 Å². The van der Waals surface area contributed by atoms with Crippen LogP contribution in [0.15, 0.2) is 103 Å². The first kappa shape index (κ1) is 24.5. The van der Waals surface area contributed by atoms with E-state index in [-0.39, 0.29) is 11.7 Å². The molecule has 1 saturated heterocycles. The van der Waals surface area contributed by atoms with E-state index in [0.29, 0.717) is 42.9 Å². The molecule has 192 valence electrons. The number of carbonyl (C=O) groups excluding carboxylic acids is 2. The highest BCUT2D eigenvalue weighted by Gasteiger charge is 2.26. The fourth-order valence-electron chi connectivity index (χ4n) is 5.12. The van der Waals surface area contributed by atoms with E-state index in [1.165, 1.54) is 5.39 Å². The molecule has 6 heteroatoms. The number of nitrogens with zero attached hydrogens (tertiary/aromatic N) is 4. The second kappa shape index (κ2) is 10.5. The first-order valence-electron chi connectivity index (χ1n) is 13.1. The van der Waals surface area contributed by atoms with Gasteiger partial charge in [-0.25, -0.2) is 0 Å². The quantitative estimate of drug-likeness (QED) is 0.279. The molecule has 1 amide bonds. The Morgan fingerprint density at radius 3 is 2.10 bits per heavy atom. The Bertz CT molecular complexity index is 1650. The topological polar surface area (TPSA) is 66.4 Å². The average molecular weight is 513 g/mol. The molecule has 0 saturated carbocycles. The van der Waals surface area contributed by atoms with Gasteiger partial charge < -0.3 is 9.80 Å². The van der Waals surface area contributed by atoms with Gasteiger partial charge in [0.1, 0.15) is 0 Å². The molecule has 6 rings (SSSR count). The normalized spacial score (nSPS) is 13.5. The van der Waals surface area contributed by atoms with Crippen LogP contribution >= 0.6 is 0 Å². The standard InChI is InChI=1S/C33H28N4O2/c1-23-13-15-25(16-14-23)32(38)28-10-4-5-11-29(28)33(39)37-21-19-36(20-22-37)31-18-17-30(34-35-31)27-12-6-8-24-7-2-3-9-26(24)27/h2-18H,19-22H2,1H3. The molecule has 0 bridgehead atoms. The van der Waals surface area contributed by atoms with E-state index in [1.54, 1.807) is 18.2 Å². The van der Waals surface area contributed by atoms with E-state index in [2.05, 4.69) is 39.4 Å². The fourth-order valence-corrected chi connectivity index (χ4v) is 5.12. The summed E-state index contributed by atoms with van der Waals surface area (Å²) in [5.74, 6) is 0.531. The summed E-state index contributed by atoms with van der Waals surface area (Å²) in [4.78, 5) is 30.7. The van der Waals surface area contributed by atoms with E-state index in [1.807, 2.05) is 72.5 Å². The number of anilines is 1. The highest BCUT2D eigenvalue weighted by atomic mass is 16.2. The van der Waals surface area contributed by atoms with Crippen LogP contribution in [0.4, 0.5) is 5.82 Å². The van der Waals surface area contributed by atoms with Gasteiger partial charge in [-0.15, -0.1) is 10.2 Å². The molecule has 0 atom stereocenters. The number of aromatic nitrogens is 2. The second-order valence-electron chi connectivity index (χ2n) is 9.82. The number of fused-ring (bicyclic) bond motifs is 1. The van der Waals surface area contributed by atoms with Crippen LogP contribution < -0.4 is 4.90 Å². The van der Waals surface area contributed by atoms with Crippen molar-refractivity contribution in [3.05, 3.63) is 125 Å².